The summed E-state index contributed by atoms with van der Waals surface area (Å²) in [7, 11) is 0. The molecule has 128 valence electrons. The van der Waals surface area contributed by atoms with Crippen molar-refractivity contribution in [2.24, 2.45) is 5.92 Å². The number of carbonyl (C=O) groups is 2. The van der Waals surface area contributed by atoms with Gasteiger partial charge in [-0.2, -0.15) is 0 Å². The second-order valence-corrected chi connectivity index (χ2v) is 6.65. The first-order chi connectivity index (χ1) is 11.4. The fourth-order valence-electron chi connectivity index (χ4n) is 3.72. The highest BCUT2D eigenvalue weighted by Crippen LogP contribution is 2.36. The third-order valence-corrected chi connectivity index (χ3v) is 4.80. The van der Waals surface area contributed by atoms with Gasteiger partial charge in [0.15, 0.2) is 0 Å². The van der Waals surface area contributed by atoms with Crippen LogP contribution < -0.4 is 4.90 Å². The molecule has 0 saturated carbocycles. The topological polar surface area (TPSA) is 83.8 Å². The van der Waals surface area contributed by atoms with Gasteiger partial charge in [-0.05, 0) is 24.8 Å². The standard InChI is InChI=1S/C17H21N3O4/c1-11(2)16(19-9-4-7-15(19)21)17(22)18-10-8-12-13(18)5-3-6-14(12)20(23)24/h3,5-6,11,16H,4,7-10H2,1-2H3. The van der Waals surface area contributed by atoms with Crippen molar-refractivity contribution >= 4 is 23.2 Å². The fourth-order valence-corrected chi connectivity index (χ4v) is 3.72. The molecule has 24 heavy (non-hydrogen) atoms. The Labute approximate surface area is 140 Å². The molecule has 1 unspecified atom stereocenters. The van der Waals surface area contributed by atoms with Crippen molar-refractivity contribution in [2.75, 3.05) is 18.0 Å². The van der Waals surface area contributed by atoms with Gasteiger partial charge in [-0.25, -0.2) is 0 Å². The molecule has 3 rings (SSSR count). The second-order valence-electron chi connectivity index (χ2n) is 6.65. The lowest BCUT2D eigenvalue weighted by atomic mass is 10.0. The Morgan fingerprint density at radius 3 is 2.58 bits per heavy atom. The van der Waals surface area contributed by atoms with E-state index in [1.807, 2.05) is 13.8 Å². The molecule has 1 saturated heterocycles. The molecule has 0 aliphatic carbocycles. The second kappa shape index (κ2) is 6.22. The van der Waals surface area contributed by atoms with Gasteiger partial charge in [0.2, 0.25) is 11.8 Å². The summed E-state index contributed by atoms with van der Waals surface area (Å²) in [6.45, 7) is 4.88. The first kappa shape index (κ1) is 16.4. The minimum Gasteiger partial charge on any atom is -0.330 e. The number of nitro groups is 1. The number of anilines is 1. The highest BCUT2D eigenvalue weighted by atomic mass is 16.6. The minimum atomic E-state index is -0.509. The van der Waals surface area contributed by atoms with Gasteiger partial charge in [-0.1, -0.05) is 19.9 Å². The molecular weight excluding hydrogens is 310 g/mol. The average molecular weight is 331 g/mol. The maximum atomic E-state index is 13.1. The number of amides is 2. The van der Waals surface area contributed by atoms with E-state index in [0.717, 1.165) is 6.42 Å². The predicted octanol–water partition coefficient (Wildman–Crippen LogP) is 2.13. The van der Waals surface area contributed by atoms with Crippen LogP contribution in [0.4, 0.5) is 11.4 Å². The van der Waals surface area contributed by atoms with Crippen molar-refractivity contribution in [1.82, 2.24) is 4.90 Å². The highest BCUT2D eigenvalue weighted by Gasteiger charge is 2.40. The summed E-state index contributed by atoms with van der Waals surface area (Å²) in [6.07, 6.45) is 1.73. The van der Waals surface area contributed by atoms with Gasteiger partial charge in [0.1, 0.15) is 6.04 Å². The number of likely N-dealkylation sites (tertiary alicyclic amines) is 1. The normalized spacial score (nSPS) is 18.2. The number of benzene rings is 1. The van der Waals surface area contributed by atoms with E-state index in [2.05, 4.69) is 0 Å². The van der Waals surface area contributed by atoms with Crippen molar-refractivity contribution in [3.8, 4) is 0 Å². The Morgan fingerprint density at radius 2 is 2.00 bits per heavy atom. The lowest BCUT2D eigenvalue weighted by Gasteiger charge is -2.33. The first-order valence-electron chi connectivity index (χ1n) is 8.29. The number of hydrogen-bond donors (Lipinski definition) is 0. The number of nitro benzene ring substituents is 1. The Balaban J connectivity index is 1.93. The van der Waals surface area contributed by atoms with E-state index in [-0.39, 0.29) is 23.4 Å². The van der Waals surface area contributed by atoms with Gasteiger partial charge < -0.3 is 9.80 Å². The van der Waals surface area contributed by atoms with Gasteiger partial charge in [-0.3, -0.25) is 19.7 Å². The fraction of sp³-hybridized carbons (Fsp3) is 0.529. The van der Waals surface area contributed by atoms with Gasteiger partial charge in [0.05, 0.1) is 16.2 Å². The van der Waals surface area contributed by atoms with Crippen LogP contribution in [0.1, 0.15) is 32.3 Å². The molecular formula is C17H21N3O4. The SMILES string of the molecule is CC(C)C(C(=O)N1CCc2c1cccc2[N+](=O)[O-])N1CCCC1=O. The van der Waals surface area contributed by atoms with Crippen LogP contribution >= 0.6 is 0 Å². The average Bonchev–Trinajstić information content (AvgIpc) is 3.13. The van der Waals surface area contributed by atoms with E-state index in [1.165, 1.54) is 6.07 Å². The quantitative estimate of drug-likeness (QED) is 0.625. The van der Waals surface area contributed by atoms with Crippen molar-refractivity contribution in [3.05, 3.63) is 33.9 Å². The maximum absolute atomic E-state index is 13.1. The number of nitrogens with zero attached hydrogens (tertiary/aromatic N) is 3. The molecule has 2 amide bonds. The lowest BCUT2D eigenvalue weighted by molar-refractivity contribution is -0.385. The highest BCUT2D eigenvalue weighted by molar-refractivity contribution is 6.01. The summed E-state index contributed by atoms with van der Waals surface area (Å²) in [5.74, 6) is -0.137. The Morgan fingerprint density at radius 1 is 1.25 bits per heavy atom. The van der Waals surface area contributed by atoms with Crippen LogP contribution in [0.3, 0.4) is 0 Å². The predicted molar refractivity (Wildman–Crippen MR) is 88.7 cm³/mol. The summed E-state index contributed by atoms with van der Waals surface area (Å²) in [4.78, 5) is 39.3. The molecule has 0 N–H and O–H groups in total. The summed E-state index contributed by atoms with van der Waals surface area (Å²) >= 11 is 0. The number of hydrogen-bond acceptors (Lipinski definition) is 4. The van der Waals surface area contributed by atoms with Crippen LogP contribution in [0.2, 0.25) is 0 Å². The molecule has 1 aromatic rings. The van der Waals surface area contributed by atoms with Gasteiger partial charge in [-0.15, -0.1) is 0 Å². The summed E-state index contributed by atoms with van der Waals surface area (Å²) in [6, 6.07) is 4.31. The van der Waals surface area contributed by atoms with Crippen LogP contribution in [-0.2, 0) is 16.0 Å². The Bertz CT molecular complexity index is 701. The third kappa shape index (κ3) is 2.64. The molecule has 2 aliphatic rings. The monoisotopic (exact) mass is 331 g/mol. The first-order valence-corrected chi connectivity index (χ1v) is 8.29. The molecule has 1 fully saturated rings. The zero-order chi connectivity index (χ0) is 17.4. The molecule has 0 bridgehead atoms. The van der Waals surface area contributed by atoms with E-state index >= 15 is 0 Å². The van der Waals surface area contributed by atoms with Crippen LogP contribution in [0, 0.1) is 16.0 Å². The Hall–Kier alpha value is -2.44. The largest absolute Gasteiger partial charge is 0.330 e. The molecule has 7 nitrogen and oxygen atoms in total. The van der Waals surface area contributed by atoms with Gasteiger partial charge in [0.25, 0.3) is 5.69 Å². The van der Waals surface area contributed by atoms with Crippen molar-refractivity contribution in [3.63, 3.8) is 0 Å². The van der Waals surface area contributed by atoms with E-state index in [0.29, 0.717) is 37.2 Å². The molecule has 7 heteroatoms. The van der Waals surface area contributed by atoms with Crippen LogP contribution in [-0.4, -0.2) is 40.8 Å². The number of rotatable bonds is 4. The van der Waals surface area contributed by atoms with Crippen molar-refractivity contribution < 1.29 is 14.5 Å². The molecule has 1 atom stereocenters. The van der Waals surface area contributed by atoms with Crippen molar-refractivity contribution in [1.29, 1.82) is 0 Å². The molecule has 0 radical (unpaired) electrons. The van der Waals surface area contributed by atoms with Crippen LogP contribution in [0.15, 0.2) is 18.2 Å². The van der Waals surface area contributed by atoms with Gasteiger partial charge in [0, 0.05) is 25.6 Å². The maximum Gasteiger partial charge on any atom is 0.274 e. The molecule has 0 spiro atoms. The number of carbonyl (C=O) groups excluding carboxylic acids is 2. The van der Waals surface area contributed by atoms with Crippen LogP contribution in [0.25, 0.3) is 0 Å². The lowest BCUT2D eigenvalue weighted by Crippen LogP contribution is -2.51. The third-order valence-electron chi connectivity index (χ3n) is 4.80. The summed E-state index contributed by atoms with van der Waals surface area (Å²) in [5.41, 5.74) is 1.26. The zero-order valence-corrected chi connectivity index (χ0v) is 13.9. The zero-order valence-electron chi connectivity index (χ0n) is 13.9. The summed E-state index contributed by atoms with van der Waals surface area (Å²) < 4.78 is 0. The van der Waals surface area contributed by atoms with E-state index < -0.39 is 11.0 Å². The van der Waals surface area contributed by atoms with Crippen molar-refractivity contribution in [2.45, 2.75) is 39.2 Å². The van der Waals surface area contributed by atoms with E-state index in [1.54, 1.807) is 21.9 Å². The molecule has 0 aromatic heterocycles. The number of fused-ring (bicyclic) bond motifs is 1. The van der Waals surface area contributed by atoms with Crippen LogP contribution in [0.5, 0.6) is 0 Å². The summed E-state index contributed by atoms with van der Waals surface area (Å²) in [5, 5.41) is 11.2. The van der Waals surface area contributed by atoms with E-state index in [4.69, 9.17) is 0 Å². The van der Waals surface area contributed by atoms with Gasteiger partial charge >= 0.3 is 0 Å². The van der Waals surface area contributed by atoms with E-state index in [9.17, 15) is 19.7 Å². The molecule has 2 aliphatic heterocycles. The minimum absolute atomic E-state index is 0.0118. The molecule has 2 heterocycles. The Kier molecular flexibility index (Phi) is 4.26. The smallest absolute Gasteiger partial charge is 0.274 e. The molecule has 1 aromatic carbocycles.